The molecule has 0 unspecified atom stereocenters. The lowest BCUT2D eigenvalue weighted by atomic mass is 10.1. The molecule has 7 heteroatoms. The maximum atomic E-state index is 11.7. The van der Waals surface area contributed by atoms with E-state index in [0.717, 1.165) is 11.1 Å². The molecule has 0 aromatic heterocycles. The van der Waals surface area contributed by atoms with Crippen molar-refractivity contribution in [2.24, 2.45) is 0 Å². The number of amides is 2. The van der Waals surface area contributed by atoms with Gasteiger partial charge in [0.2, 0.25) is 11.8 Å². The van der Waals surface area contributed by atoms with Crippen molar-refractivity contribution in [3.8, 4) is 11.5 Å². The number of nitrogens with one attached hydrogen (secondary N) is 2. The van der Waals surface area contributed by atoms with E-state index in [1.165, 1.54) is 0 Å². The minimum atomic E-state index is -0.779. The van der Waals surface area contributed by atoms with E-state index < -0.39 is 6.10 Å². The van der Waals surface area contributed by atoms with Crippen molar-refractivity contribution in [2.75, 3.05) is 13.2 Å². The molecule has 0 atom stereocenters. The summed E-state index contributed by atoms with van der Waals surface area (Å²) in [6, 6.07) is 15.3. The fourth-order valence-corrected chi connectivity index (χ4v) is 3.24. The van der Waals surface area contributed by atoms with Gasteiger partial charge in [-0.15, -0.1) is 0 Å². The van der Waals surface area contributed by atoms with Gasteiger partial charge in [-0.3, -0.25) is 9.59 Å². The average Bonchev–Trinajstić information content (AvgIpc) is 2.79. The van der Waals surface area contributed by atoms with E-state index in [0.29, 0.717) is 37.2 Å². The molecule has 0 fully saturated rings. The van der Waals surface area contributed by atoms with Crippen LogP contribution in [0.4, 0.5) is 0 Å². The molecule has 0 heterocycles. The lowest BCUT2D eigenvalue weighted by Gasteiger charge is -2.14. The first-order chi connectivity index (χ1) is 16.2. The third-order valence-corrected chi connectivity index (χ3v) is 4.91. The zero-order chi connectivity index (χ0) is 24.9. The summed E-state index contributed by atoms with van der Waals surface area (Å²) in [6.07, 6.45) is 1.45. The fraction of sp³-hybridized carbons (Fsp3) is 0.481. The number of hydrogen-bond donors (Lipinski definition) is 3. The van der Waals surface area contributed by atoms with E-state index in [9.17, 15) is 14.7 Å². The molecule has 0 aliphatic rings. The van der Waals surface area contributed by atoms with Crippen LogP contribution in [0.1, 0.15) is 51.7 Å². The second-order valence-electron chi connectivity index (χ2n) is 9.01. The Kier molecular flexibility index (Phi) is 11.4. The molecular formula is C27H38N2O5. The Labute approximate surface area is 202 Å². The number of benzene rings is 2. The number of hydrogen-bond acceptors (Lipinski definition) is 5. The quantitative estimate of drug-likeness (QED) is 0.393. The van der Waals surface area contributed by atoms with Gasteiger partial charge in [-0.25, -0.2) is 0 Å². The van der Waals surface area contributed by atoms with Crippen molar-refractivity contribution >= 4 is 11.8 Å². The predicted octanol–water partition coefficient (Wildman–Crippen LogP) is 3.42. The highest BCUT2D eigenvalue weighted by molar-refractivity contribution is 5.76. The predicted molar refractivity (Wildman–Crippen MR) is 133 cm³/mol. The van der Waals surface area contributed by atoms with Crippen molar-refractivity contribution in [1.82, 2.24) is 10.6 Å². The van der Waals surface area contributed by atoms with Gasteiger partial charge in [-0.2, -0.15) is 0 Å². The number of rotatable bonds is 14. The van der Waals surface area contributed by atoms with Gasteiger partial charge in [-0.05, 0) is 75.9 Å². The maximum absolute atomic E-state index is 11.7. The molecule has 34 heavy (non-hydrogen) atoms. The minimum Gasteiger partial charge on any atom is -0.491 e. The van der Waals surface area contributed by atoms with Gasteiger partial charge >= 0.3 is 0 Å². The zero-order valence-electron chi connectivity index (χ0n) is 20.7. The molecule has 3 N–H and O–H groups in total. The van der Waals surface area contributed by atoms with Crippen LogP contribution in [0.2, 0.25) is 0 Å². The highest BCUT2D eigenvalue weighted by atomic mass is 16.5. The zero-order valence-corrected chi connectivity index (χ0v) is 20.7. The molecule has 0 aliphatic carbocycles. The van der Waals surface area contributed by atoms with Gasteiger partial charge in [0.05, 0.1) is 0 Å². The first kappa shape index (κ1) is 27.2. The largest absolute Gasteiger partial charge is 0.491 e. The van der Waals surface area contributed by atoms with Crippen LogP contribution < -0.4 is 20.1 Å². The number of ether oxygens (including phenoxy) is 2. The molecule has 2 amide bonds. The normalized spacial score (nSPS) is 11.1. The molecule has 0 radical (unpaired) electrons. The lowest BCUT2D eigenvalue weighted by molar-refractivity contribution is -0.122. The number of aliphatic hydroxyl groups is 1. The summed E-state index contributed by atoms with van der Waals surface area (Å²) >= 11 is 0. The number of aliphatic hydroxyl groups excluding tert-OH is 1. The fourth-order valence-electron chi connectivity index (χ4n) is 3.24. The van der Waals surface area contributed by atoms with Crippen LogP contribution in [0.5, 0.6) is 11.5 Å². The van der Waals surface area contributed by atoms with Gasteiger partial charge in [0.25, 0.3) is 0 Å². The monoisotopic (exact) mass is 470 g/mol. The highest BCUT2D eigenvalue weighted by Gasteiger charge is 2.09. The van der Waals surface area contributed by atoms with E-state index >= 15 is 0 Å². The molecular weight excluding hydrogens is 432 g/mol. The van der Waals surface area contributed by atoms with Crippen molar-refractivity contribution in [3.05, 3.63) is 59.7 Å². The summed E-state index contributed by atoms with van der Waals surface area (Å²) in [5.41, 5.74) is 2.11. The van der Waals surface area contributed by atoms with Gasteiger partial charge in [-0.1, -0.05) is 24.3 Å². The number of aryl methyl sites for hydroxylation is 2. The van der Waals surface area contributed by atoms with Crippen LogP contribution >= 0.6 is 0 Å². The summed E-state index contributed by atoms with van der Waals surface area (Å²) in [5.74, 6) is 1.39. The van der Waals surface area contributed by atoms with Crippen molar-refractivity contribution in [3.63, 3.8) is 0 Å². The lowest BCUT2D eigenvalue weighted by Crippen LogP contribution is -2.30. The number of carbonyl (C=O) groups excluding carboxylic acids is 2. The maximum Gasteiger partial charge on any atom is 0.220 e. The first-order valence-corrected chi connectivity index (χ1v) is 11.9. The Balaban J connectivity index is 1.66. The average molecular weight is 471 g/mol. The Morgan fingerprint density at radius 2 is 1.06 bits per heavy atom. The van der Waals surface area contributed by atoms with Crippen LogP contribution in [0.15, 0.2) is 48.5 Å². The molecule has 0 saturated heterocycles. The third-order valence-electron chi connectivity index (χ3n) is 4.91. The highest BCUT2D eigenvalue weighted by Crippen LogP contribution is 2.16. The molecule has 0 spiro atoms. The van der Waals surface area contributed by atoms with Crippen LogP contribution in [0.3, 0.4) is 0 Å². The van der Waals surface area contributed by atoms with E-state index in [4.69, 9.17) is 9.47 Å². The summed E-state index contributed by atoms with van der Waals surface area (Å²) in [7, 11) is 0. The summed E-state index contributed by atoms with van der Waals surface area (Å²) in [4.78, 5) is 23.5. The van der Waals surface area contributed by atoms with Crippen molar-refractivity contribution < 1.29 is 24.2 Å². The van der Waals surface area contributed by atoms with Crippen LogP contribution in [0.25, 0.3) is 0 Å². The summed E-state index contributed by atoms with van der Waals surface area (Å²) in [5, 5.41) is 15.9. The second-order valence-corrected chi connectivity index (χ2v) is 9.01. The molecule has 0 aliphatic heterocycles. The molecule has 186 valence electrons. The van der Waals surface area contributed by atoms with Crippen LogP contribution in [0, 0.1) is 0 Å². The van der Waals surface area contributed by atoms with Gasteiger partial charge in [0.1, 0.15) is 30.8 Å². The Morgan fingerprint density at radius 1 is 0.706 bits per heavy atom. The van der Waals surface area contributed by atoms with Crippen molar-refractivity contribution in [1.29, 1.82) is 0 Å². The van der Waals surface area contributed by atoms with Crippen molar-refractivity contribution in [2.45, 2.75) is 71.6 Å². The standard InChI is InChI=1S/C27H38N2O5/c1-19(2)28-26(31)15-9-21-5-11-24(12-6-21)33-17-23(30)18-34-25-13-7-22(8-14-25)10-16-27(32)29-20(3)4/h5-8,11-14,19-20,23,30H,9-10,15-18H2,1-4H3,(H,28,31)(H,29,32). The number of carbonyl (C=O) groups is 2. The Morgan fingerprint density at radius 3 is 1.38 bits per heavy atom. The molecule has 0 saturated carbocycles. The smallest absolute Gasteiger partial charge is 0.220 e. The minimum absolute atomic E-state index is 0.0436. The first-order valence-electron chi connectivity index (χ1n) is 11.9. The van der Waals surface area contributed by atoms with Gasteiger partial charge < -0.3 is 25.2 Å². The Bertz CT molecular complexity index is 805. The Hall–Kier alpha value is -3.06. The molecule has 2 aromatic rings. The topological polar surface area (TPSA) is 96.9 Å². The van der Waals surface area contributed by atoms with E-state index in [2.05, 4.69) is 10.6 Å². The molecule has 2 rings (SSSR count). The van der Waals surface area contributed by atoms with E-state index in [-0.39, 0.29) is 37.1 Å². The third kappa shape index (κ3) is 11.2. The van der Waals surface area contributed by atoms with E-state index in [1.54, 1.807) is 0 Å². The van der Waals surface area contributed by atoms with Crippen LogP contribution in [-0.4, -0.2) is 48.3 Å². The van der Waals surface area contributed by atoms with E-state index in [1.807, 2.05) is 76.2 Å². The molecule has 7 nitrogen and oxygen atoms in total. The van der Waals surface area contributed by atoms with Gasteiger partial charge in [0, 0.05) is 24.9 Å². The summed E-state index contributed by atoms with van der Waals surface area (Å²) < 4.78 is 11.3. The second kappa shape index (κ2) is 14.3. The molecule has 0 bridgehead atoms. The van der Waals surface area contributed by atoms with Crippen LogP contribution in [-0.2, 0) is 22.4 Å². The summed E-state index contributed by atoms with van der Waals surface area (Å²) in [6.45, 7) is 7.99. The van der Waals surface area contributed by atoms with Gasteiger partial charge in [0.15, 0.2) is 0 Å². The SMILES string of the molecule is CC(C)NC(=O)CCc1ccc(OCC(O)COc2ccc(CCC(=O)NC(C)C)cc2)cc1. The molecule has 2 aromatic carbocycles.